The summed E-state index contributed by atoms with van der Waals surface area (Å²) in [4.78, 5) is 11.1. The number of aliphatic carboxylic acids is 1. The third-order valence-electron chi connectivity index (χ3n) is 3.51. The Morgan fingerprint density at radius 1 is 0.944 bits per heavy atom. The minimum Gasteiger partial charge on any atom is -0.481 e. The molecule has 0 radical (unpaired) electrons. The van der Waals surface area contributed by atoms with E-state index in [1.807, 2.05) is 0 Å². The van der Waals surface area contributed by atoms with Gasteiger partial charge in [-0.15, -0.1) is 0 Å². The maximum Gasteiger partial charge on any atom is 0.306 e. The molecule has 0 aromatic carbocycles. The SMILES string of the molecule is CCCCCCCCCCC(CC(C)C)C(=O)O. The monoisotopic (exact) mass is 256 g/mol. The summed E-state index contributed by atoms with van der Waals surface area (Å²) < 4.78 is 0. The Morgan fingerprint density at radius 2 is 1.44 bits per heavy atom. The average Bonchev–Trinajstić information content (AvgIpc) is 2.30. The van der Waals surface area contributed by atoms with Crippen molar-refractivity contribution in [1.82, 2.24) is 0 Å². The highest BCUT2D eigenvalue weighted by atomic mass is 16.4. The van der Waals surface area contributed by atoms with Gasteiger partial charge in [-0.05, 0) is 18.8 Å². The molecule has 0 aliphatic carbocycles. The number of carboxylic acids is 1. The van der Waals surface area contributed by atoms with Crippen LogP contribution in [0.1, 0.15) is 85.0 Å². The van der Waals surface area contributed by atoms with E-state index in [1.165, 1.54) is 44.9 Å². The second-order valence-electron chi connectivity index (χ2n) is 5.93. The van der Waals surface area contributed by atoms with E-state index in [0.717, 1.165) is 19.3 Å². The smallest absolute Gasteiger partial charge is 0.306 e. The molecule has 108 valence electrons. The summed E-state index contributed by atoms with van der Waals surface area (Å²) in [5.74, 6) is -0.239. The van der Waals surface area contributed by atoms with Gasteiger partial charge in [-0.25, -0.2) is 0 Å². The summed E-state index contributed by atoms with van der Waals surface area (Å²) in [6.07, 6.45) is 11.9. The van der Waals surface area contributed by atoms with Crippen LogP contribution in [0.25, 0.3) is 0 Å². The molecule has 0 aliphatic rings. The maximum absolute atomic E-state index is 11.1. The fourth-order valence-corrected chi connectivity index (χ4v) is 2.44. The van der Waals surface area contributed by atoms with Crippen molar-refractivity contribution in [1.29, 1.82) is 0 Å². The third kappa shape index (κ3) is 10.6. The van der Waals surface area contributed by atoms with Gasteiger partial charge in [0.15, 0.2) is 0 Å². The normalized spacial score (nSPS) is 12.9. The van der Waals surface area contributed by atoms with Crippen LogP contribution < -0.4 is 0 Å². The van der Waals surface area contributed by atoms with Gasteiger partial charge in [0.2, 0.25) is 0 Å². The summed E-state index contributed by atoms with van der Waals surface area (Å²) in [5.41, 5.74) is 0. The molecule has 1 atom stereocenters. The highest BCUT2D eigenvalue weighted by Gasteiger charge is 2.17. The lowest BCUT2D eigenvalue weighted by Gasteiger charge is -2.14. The average molecular weight is 256 g/mol. The van der Waals surface area contributed by atoms with Gasteiger partial charge < -0.3 is 5.11 Å². The van der Waals surface area contributed by atoms with Gasteiger partial charge in [0.05, 0.1) is 5.92 Å². The largest absolute Gasteiger partial charge is 0.481 e. The van der Waals surface area contributed by atoms with Crippen molar-refractivity contribution in [2.45, 2.75) is 85.0 Å². The summed E-state index contributed by atoms with van der Waals surface area (Å²) >= 11 is 0. The Kier molecular flexibility index (Phi) is 11.2. The molecule has 0 aromatic heterocycles. The number of carboxylic acid groups (broad SMARTS) is 1. The number of unbranched alkanes of at least 4 members (excludes halogenated alkanes) is 7. The van der Waals surface area contributed by atoms with Gasteiger partial charge in [-0.2, -0.15) is 0 Å². The molecule has 0 saturated heterocycles. The van der Waals surface area contributed by atoms with Crippen LogP contribution in [0.3, 0.4) is 0 Å². The Balaban J connectivity index is 3.47. The van der Waals surface area contributed by atoms with Crippen LogP contribution in [-0.4, -0.2) is 11.1 Å². The van der Waals surface area contributed by atoms with Crippen molar-refractivity contribution >= 4 is 5.97 Å². The molecule has 0 amide bonds. The Hall–Kier alpha value is -0.530. The van der Waals surface area contributed by atoms with E-state index in [0.29, 0.717) is 5.92 Å². The van der Waals surface area contributed by atoms with E-state index in [4.69, 9.17) is 5.11 Å². The fourth-order valence-electron chi connectivity index (χ4n) is 2.44. The molecule has 0 rings (SSSR count). The number of hydrogen-bond donors (Lipinski definition) is 1. The zero-order valence-corrected chi connectivity index (χ0v) is 12.6. The molecular weight excluding hydrogens is 224 g/mol. The summed E-state index contributed by atoms with van der Waals surface area (Å²) in [7, 11) is 0. The van der Waals surface area contributed by atoms with Gasteiger partial charge in [0.1, 0.15) is 0 Å². The Labute approximate surface area is 113 Å². The van der Waals surface area contributed by atoms with Crippen LogP contribution in [0.2, 0.25) is 0 Å². The van der Waals surface area contributed by atoms with E-state index in [-0.39, 0.29) is 5.92 Å². The lowest BCUT2D eigenvalue weighted by Crippen LogP contribution is -2.15. The first kappa shape index (κ1) is 17.5. The zero-order chi connectivity index (χ0) is 13.8. The van der Waals surface area contributed by atoms with Crippen LogP contribution in [-0.2, 0) is 4.79 Å². The number of carbonyl (C=O) groups is 1. The van der Waals surface area contributed by atoms with Gasteiger partial charge in [0.25, 0.3) is 0 Å². The van der Waals surface area contributed by atoms with E-state index in [2.05, 4.69) is 20.8 Å². The lowest BCUT2D eigenvalue weighted by atomic mass is 9.92. The van der Waals surface area contributed by atoms with Gasteiger partial charge in [-0.1, -0.05) is 72.1 Å². The van der Waals surface area contributed by atoms with Crippen molar-refractivity contribution in [3.05, 3.63) is 0 Å². The Bertz CT molecular complexity index is 199. The topological polar surface area (TPSA) is 37.3 Å². The van der Waals surface area contributed by atoms with Gasteiger partial charge in [0, 0.05) is 0 Å². The second-order valence-corrected chi connectivity index (χ2v) is 5.93. The predicted molar refractivity (Wildman–Crippen MR) is 77.8 cm³/mol. The van der Waals surface area contributed by atoms with Crippen LogP contribution in [0, 0.1) is 11.8 Å². The third-order valence-corrected chi connectivity index (χ3v) is 3.51. The molecule has 1 unspecified atom stereocenters. The zero-order valence-electron chi connectivity index (χ0n) is 12.6. The van der Waals surface area contributed by atoms with Crippen molar-refractivity contribution in [2.24, 2.45) is 11.8 Å². The van der Waals surface area contributed by atoms with Crippen LogP contribution >= 0.6 is 0 Å². The highest BCUT2D eigenvalue weighted by molar-refractivity contribution is 5.69. The summed E-state index contributed by atoms with van der Waals surface area (Å²) in [5, 5.41) is 9.12. The maximum atomic E-state index is 11.1. The molecule has 0 fully saturated rings. The standard InChI is InChI=1S/C16H32O2/c1-4-5-6-7-8-9-10-11-12-15(16(17)18)13-14(2)3/h14-15H,4-13H2,1-3H3,(H,17,18). The molecule has 0 heterocycles. The van der Waals surface area contributed by atoms with Crippen molar-refractivity contribution in [3.63, 3.8) is 0 Å². The molecular formula is C16H32O2. The van der Waals surface area contributed by atoms with Crippen LogP contribution in [0.5, 0.6) is 0 Å². The minimum atomic E-state index is -0.605. The van der Waals surface area contributed by atoms with E-state index >= 15 is 0 Å². The van der Waals surface area contributed by atoms with Crippen LogP contribution in [0.4, 0.5) is 0 Å². The number of hydrogen-bond acceptors (Lipinski definition) is 1. The molecule has 2 nitrogen and oxygen atoms in total. The molecule has 0 aliphatic heterocycles. The second kappa shape index (κ2) is 11.6. The molecule has 2 heteroatoms. The first-order valence-corrected chi connectivity index (χ1v) is 7.80. The quantitative estimate of drug-likeness (QED) is 0.483. The summed E-state index contributed by atoms with van der Waals surface area (Å²) in [6.45, 7) is 6.44. The first-order valence-electron chi connectivity index (χ1n) is 7.80. The van der Waals surface area contributed by atoms with Crippen molar-refractivity contribution in [2.75, 3.05) is 0 Å². The van der Waals surface area contributed by atoms with Crippen LogP contribution in [0.15, 0.2) is 0 Å². The molecule has 0 spiro atoms. The predicted octanol–water partition coefficient (Wildman–Crippen LogP) is 5.26. The Morgan fingerprint density at radius 3 is 1.89 bits per heavy atom. The molecule has 0 bridgehead atoms. The van der Waals surface area contributed by atoms with Gasteiger partial charge in [-0.3, -0.25) is 4.79 Å². The first-order chi connectivity index (χ1) is 8.57. The van der Waals surface area contributed by atoms with Crippen molar-refractivity contribution < 1.29 is 9.90 Å². The molecule has 0 saturated carbocycles. The summed E-state index contributed by atoms with van der Waals surface area (Å²) in [6, 6.07) is 0. The van der Waals surface area contributed by atoms with E-state index < -0.39 is 5.97 Å². The molecule has 1 N–H and O–H groups in total. The van der Waals surface area contributed by atoms with E-state index in [1.54, 1.807) is 0 Å². The lowest BCUT2D eigenvalue weighted by molar-refractivity contribution is -0.142. The van der Waals surface area contributed by atoms with Crippen molar-refractivity contribution in [3.8, 4) is 0 Å². The van der Waals surface area contributed by atoms with Gasteiger partial charge >= 0.3 is 5.97 Å². The van der Waals surface area contributed by atoms with E-state index in [9.17, 15) is 4.79 Å². The number of rotatable bonds is 12. The fraction of sp³-hybridized carbons (Fsp3) is 0.938. The highest BCUT2D eigenvalue weighted by Crippen LogP contribution is 2.19. The minimum absolute atomic E-state index is 0.120. The molecule has 0 aromatic rings. The molecule has 18 heavy (non-hydrogen) atoms.